The first-order chi connectivity index (χ1) is 9.40. The second-order valence-electron chi connectivity index (χ2n) is 5.35. The Morgan fingerprint density at radius 2 is 1.85 bits per heavy atom. The van der Waals surface area contributed by atoms with Crippen molar-refractivity contribution in [1.29, 1.82) is 0 Å². The van der Waals surface area contributed by atoms with Crippen molar-refractivity contribution >= 4 is 21.8 Å². The second-order valence-corrected chi connectivity index (χ2v) is 9.21. The molecule has 2 rings (SSSR count). The summed E-state index contributed by atoms with van der Waals surface area (Å²) in [6, 6.07) is 7.51. The molecular formula is C14H22N2O2S2. The van der Waals surface area contributed by atoms with Crippen molar-refractivity contribution in [2.45, 2.75) is 36.6 Å². The lowest BCUT2D eigenvalue weighted by Gasteiger charge is -2.33. The lowest BCUT2D eigenvalue weighted by atomic mass is 10.1. The van der Waals surface area contributed by atoms with Crippen LogP contribution in [0.1, 0.15) is 25.0 Å². The van der Waals surface area contributed by atoms with E-state index < -0.39 is 10.0 Å². The molecule has 0 aliphatic carbocycles. The average Bonchev–Trinajstić information content (AvgIpc) is 2.37. The first-order valence-corrected chi connectivity index (χ1v) is 9.37. The Labute approximate surface area is 125 Å². The van der Waals surface area contributed by atoms with Crippen LogP contribution in [0.25, 0.3) is 0 Å². The van der Waals surface area contributed by atoms with Gasteiger partial charge in [-0.1, -0.05) is 38.1 Å². The van der Waals surface area contributed by atoms with Crippen LogP contribution < -0.4 is 5.73 Å². The van der Waals surface area contributed by atoms with Crippen molar-refractivity contribution < 1.29 is 8.42 Å². The molecule has 1 aliphatic rings. The first-order valence-electron chi connectivity index (χ1n) is 6.82. The zero-order valence-electron chi connectivity index (χ0n) is 12.0. The molecule has 0 aromatic heterocycles. The number of nitrogens with two attached hydrogens (primary N) is 1. The van der Waals surface area contributed by atoms with Gasteiger partial charge >= 0.3 is 0 Å². The molecule has 20 heavy (non-hydrogen) atoms. The highest BCUT2D eigenvalue weighted by Gasteiger charge is 2.30. The SMILES string of the molecule is CC1CN(S(=O)(=O)Cc2cccc(CN)c2)CC(C)S1. The summed E-state index contributed by atoms with van der Waals surface area (Å²) < 4.78 is 26.7. The third-order valence-electron chi connectivity index (χ3n) is 3.36. The van der Waals surface area contributed by atoms with Crippen molar-refractivity contribution in [2.75, 3.05) is 13.1 Å². The van der Waals surface area contributed by atoms with Crippen LogP contribution in [-0.2, 0) is 22.3 Å². The zero-order valence-corrected chi connectivity index (χ0v) is 13.6. The molecule has 1 heterocycles. The first kappa shape index (κ1) is 15.8. The van der Waals surface area contributed by atoms with E-state index in [1.165, 1.54) is 0 Å². The fourth-order valence-electron chi connectivity index (χ4n) is 2.51. The molecular weight excluding hydrogens is 292 g/mol. The van der Waals surface area contributed by atoms with Crippen LogP contribution in [0, 0.1) is 0 Å². The molecule has 1 aromatic carbocycles. The molecule has 0 bridgehead atoms. The fraction of sp³-hybridized carbons (Fsp3) is 0.571. The third-order valence-corrected chi connectivity index (χ3v) is 6.37. The maximum atomic E-state index is 12.5. The number of hydrogen-bond acceptors (Lipinski definition) is 4. The molecule has 112 valence electrons. The van der Waals surface area contributed by atoms with E-state index in [0.717, 1.165) is 11.1 Å². The second kappa shape index (κ2) is 6.47. The summed E-state index contributed by atoms with van der Waals surface area (Å²) in [5.41, 5.74) is 7.38. The molecule has 6 heteroatoms. The molecule has 1 saturated heterocycles. The van der Waals surface area contributed by atoms with E-state index >= 15 is 0 Å². The standard InChI is InChI=1S/C14H22N2O2S2/c1-11-8-16(9-12(2)19-11)20(17,18)10-14-5-3-4-13(6-14)7-15/h3-6,11-12H,7-10,15H2,1-2H3. The number of thioether (sulfide) groups is 1. The molecule has 4 nitrogen and oxygen atoms in total. The van der Waals surface area contributed by atoms with E-state index in [0.29, 0.717) is 30.1 Å². The topological polar surface area (TPSA) is 63.4 Å². The van der Waals surface area contributed by atoms with Crippen LogP contribution in [-0.4, -0.2) is 36.3 Å². The summed E-state index contributed by atoms with van der Waals surface area (Å²) in [6.07, 6.45) is 0. The highest BCUT2D eigenvalue weighted by molar-refractivity contribution is 8.00. The Morgan fingerprint density at radius 3 is 2.45 bits per heavy atom. The predicted molar refractivity (Wildman–Crippen MR) is 85.0 cm³/mol. The van der Waals surface area contributed by atoms with E-state index in [1.54, 1.807) is 4.31 Å². The average molecular weight is 314 g/mol. The minimum atomic E-state index is -3.25. The number of hydrogen-bond donors (Lipinski definition) is 1. The van der Waals surface area contributed by atoms with Gasteiger partial charge in [0.15, 0.2) is 0 Å². The van der Waals surface area contributed by atoms with Crippen molar-refractivity contribution in [2.24, 2.45) is 5.73 Å². The molecule has 1 fully saturated rings. The van der Waals surface area contributed by atoms with Gasteiger partial charge in [-0.3, -0.25) is 0 Å². The lowest BCUT2D eigenvalue weighted by molar-refractivity contribution is 0.404. The molecule has 1 aliphatic heterocycles. The Hall–Kier alpha value is -0.560. The van der Waals surface area contributed by atoms with Crippen LogP contribution >= 0.6 is 11.8 Å². The summed E-state index contributed by atoms with van der Waals surface area (Å²) in [5.74, 6) is 0.0605. The van der Waals surface area contributed by atoms with E-state index in [4.69, 9.17) is 5.73 Å². The highest BCUT2D eigenvalue weighted by atomic mass is 32.2. The van der Waals surface area contributed by atoms with Crippen LogP contribution in [0.5, 0.6) is 0 Å². The Balaban J connectivity index is 2.14. The number of sulfonamides is 1. The molecule has 2 N–H and O–H groups in total. The molecule has 1 aromatic rings. The van der Waals surface area contributed by atoms with Gasteiger partial charge in [-0.25, -0.2) is 8.42 Å². The van der Waals surface area contributed by atoms with E-state index in [1.807, 2.05) is 36.0 Å². The van der Waals surface area contributed by atoms with Gasteiger partial charge in [0.2, 0.25) is 10.0 Å². The van der Waals surface area contributed by atoms with E-state index in [9.17, 15) is 8.42 Å². The minimum absolute atomic E-state index is 0.0605. The van der Waals surface area contributed by atoms with Gasteiger partial charge < -0.3 is 5.73 Å². The normalized spacial score (nSPS) is 24.8. The largest absolute Gasteiger partial charge is 0.326 e. The smallest absolute Gasteiger partial charge is 0.218 e. The Kier molecular flexibility index (Phi) is 5.12. The molecule has 2 atom stereocenters. The zero-order chi connectivity index (χ0) is 14.8. The lowest BCUT2D eigenvalue weighted by Crippen LogP contribution is -2.44. The van der Waals surface area contributed by atoms with Crippen molar-refractivity contribution in [3.63, 3.8) is 0 Å². The highest BCUT2D eigenvalue weighted by Crippen LogP contribution is 2.27. The monoisotopic (exact) mass is 314 g/mol. The van der Waals surface area contributed by atoms with Crippen molar-refractivity contribution in [3.8, 4) is 0 Å². The predicted octanol–water partition coefficient (Wildman–Crippen LogP) is 1.80. The quantitative estimate of drug-likeness (QED) is 0.920. The summed E-state index contributed by atoms with van der Waals surface area (Å²) in [7, 11) is -3.25. The van der Waals surface area contributed by atoms with Gasteiger partial charge in [0.05, 0.1) is 5.75 Å². The van der Waals surface area contributed by atoms with Crippen molar-refractivity contribution in [1.82, 2.24) is 4.31 Å². The summed E-state index contributed by atoms with van der Waals surface area (Å²) in [4.78, 5) is 0. The van der Waals surface area contributed by atoms with Crippen LogP contribution in [0.15, 0.2) is 24.3 Å². The Morgan fingerprint density at radius 1 is 1.25 bits per heavy atom. The molecule has 0 radical (unpaired) electrons. The summed E-state index contributed by atoms with van der Waals surface area (Å²) >= 11 is 1.85. The van der Waals surface area contributed by atoms with Crippen LogP contribution in [0.2, 0.25) is 0 Å². The Bertz CT molecular complexity index is 550. The number of benzene rings is 1. The summed E-state index contributed by atoms with van der Waals surface area (Å²) in [5, 5.41) is 0.702. The van der Waals surface area contributed by atoms with Gasteiger partial charge in [0, 0.05) is 30.1 Å². The van der Waals surface area contributed by atoms with Crippen molar-refractivity contribution in [3.05, 3.63) is 35.4 Å². The van der Waals surface area contributed by atoms with E-state index in [-0.39, 0.29) is 5.75 Å². The van der Waals surface area contributed by atoms with Crippen LogP contribution in [0.4, 0.5) is 0 Å². The van der Waals surface area contributed by atoms with Gasteiger partial charge in [0.1, 0.15) is 0 Å². The molecule has 0 spiro atoms. The number of rotatable bonds is 4. The fourth-order valence-corrected chi connectivity index (χ4v) is 5.70. The van der Waals surface area contributed by atoms with Crippen LogP contribution in [0.3, 0.4) is 0 Å². The third kappa shape index (κ3) is 3.97. The molecule has 0 amide bonds. The van der Waals surface area contributed by atoms with Gasteiger partial charge in [-0.05, 0) is 11.1 Å². The van der Waals surface area contributed by atoms with Gasteiger partial charge in [-0.2, -0.15) is 16.1 Å². The minimum Gasteiger partial charge on any atom is -0.326 e. The molecule has 2 unspecified atom stereocenters. The van der Waals surface area contributed by atoms with Gasteiger partial charge in [0.25, 0.3) is 0 Å². The van der Waals surface area contributed by atoms with Gasteiger partial charge in [-0.15, -0.1) is 0 Å². The van der Waals surface area contributed by atoms with E-state index in [2.05, 4.69) is 13.8 Å². The summed E-state index contributed by atoms with van der Waals surface area (Å²) in [6.45, 7) is 5.81. The maximum Gasteiger partial charge on any atom is 0.218 e. The molecule has 0 saturated carbocycles. The number of nitrogens with zero attached hydrogens (tertiary/aromatic N) is 1. The maximum absolute atomic E-state index is 12.5.